The molecule has 272 valence electrons. The molecule has 2 unspecified atom stereocenters. The number of hydrogen-bond acceptors (Lipinski definition) is 19. The fraction of sp³-hybridized carbons (Fsp3) is 0.286. The van der Waals surface area contributed by atoms with Crippen molar-refractivity contribution in [1.82, 2.24) is 30.8 Å². The van der Waals surface area contributed by atoms with Crippen molar-refractivity contribution >= 4 is 103 Å². The van der Waals surface area contributed by atoms with E-state index in [0.29, 0.717) is 11.1 Å². The number of β-lactam (4-membered cyclic amide) rings is 1. The van der Waals surface area contributed by atoms with Gasteiger partial charge in [-0.3, -0.25) is 24.1 Å². The largest absolute Gasteiger partial charge is 0.477 e. The minimum absolute atomic E-state index is 0.0542. The number of nitrogens with one attached hydrogen (secondary N) is 4. The highest BCUT2D eigenvalue weighted by Crippen LogP contribution is 2.40. The van der Waals surface area contributed by atoms with Gasteiger partial charge in [-0.1, -0.05) is 23.0 Å². The maximum Gasteiger partial charge on any atom is 0.355 e. The Morgan fingerprint density at radius 1 is 1.10 bits per heavy atom. The number of fused-ring (bicyclic) bond motifs is 1. The Kier molecular flexibility index (Phi) is 10.2. The number of aromatic nitrogens is 2. The van der Waals surface area contributed by atoms with Gasteiger partial charge < -0.3 is 47.3 Å². The van der Waals surface area contributed by atoms with Crippen LogP contribution in [0.25, 0.3) is 0 Å². The number of cyclic esters (lactones) is 1. The molecule has 1 fully saturated rings. The minimum atomic E-state index is -1.45. The Bertz CT molecular complexity index is 2040. The smallest absolute Gasteiger partial charge is 0.355 e. The Hall–Kier alpha value is -5.46. The fourth-order valence-electron chi connectivity index (χ4n) is 5.45. The second-order valence-electron chi connectivity index (χ2n) is 11.0. The van der Waals surface area contributed by atoms with Crippen molar-refractivity contribution in [1.29, 1.82) is 0 Å². The van der Waals surface area contributed by atoms with E-state index in [0.717, 1.165) is 27.6 Å². The second-order valence-corrected chi connectivity index (χ2v) is 15.0. The molecular formula is C28H26N10O10S4. The van der Waals surface area contributed by atoms with Crippen LogP contribution in [0.4, 0.5) is 10.3 Å². The number of allylic oxidation sites excluding steroid dienone is 1. The number of carboxylic acids is 1. The fourth-order valence-corrected chi connectivity index (χ4v) is 9.36. The van der Waals surface area contributed by atoms with Crippen molar-refractivity contribution < 1.29 is 49.0 Å². The van der Waals surface area contributed by atoms with Gasteiger partial charge in [0.05, 0.1) is 0 Å². The highest BCUT2D eigenvalue weighted by Gasteiger charge is 2.54. The minimum Gasteiger partial charge on any atom is -0.477 e. The maximum absolute atomic E-state index is 13.8. The lowest BCUT2D eigenvalue weighted by molar-refractivity contribution is -0.150. The van der Waals surface area contributed by atoms with Crippen molar-refractivity contribution in [3.63, 3.8) is 0 Å². The molecule has 9 N–H and O–H groups in total. The predicted molar refractivity (Wildman–Crippen MR) is 188 cm³/mol. The number of esters is 1. The lowest BCUT2D eigenvalue weighted by Gasteiger charge is -2.49. The number of nitrogens with zero attached hydrogens (tertiary/aromatic N) is 5. The lowest BCUT2D eigenvalue weighted by Crippen LogP contribution is -2.71. The van der Waals surface area contributed by atoms with Gasteiger partial charge in [0.25, 0.3) is 23.6 Å². The van der Waals surface area contributed by atoms with Crippen LogP contribution in [-0.4, -0.2) is 118 Å². The Morgan fingerprint density at radius 2 is 1.79 bits per heavy atom. The number of anilines is 2. The molecule has 0 saturated carbocycles. The van der Waals surface area contributed by atoms with E-state index in [1.165, 1.54) is 40.4 Å². The number of carbonyl (C=O) groups excluding carboxylic acids is 5. The molecule has 4 aliphatic heterocycles. The molecule has 0 aliphatic carbocycles. The number of nitrogens with two attached hydrogens (primary N) is 1. The summed E-state index contributed by atoms with van der Waals surface area (Å²) in [4.78, 5) is 86.5. The van der Waals surface area contributed by atoms with Crippen LogP contribution < -0.4 is 27.0 Å². The van der Waals surface area contributed by atoms with Gasteiger partial charge in [-0.2, -0.15) is 0 Å². The molecule has 6 rings (SSSR count). The maximum atomic E-state index is 13.8. The van der Waals surface area contributed by atoms with Crippen molar-refractivity contribution in [2.45, 2.75) is 35.9 Å². The van der Waals surface area contributed by atoms with Crippen molar-refractivity contribution in [2.75, 3.05) is 22.6 Å². The summed E-state index contributed by atoms with van der Waals surface area (Å²) in [6, 6.07) is -2.59. The molecule has 20 nitrogen and oxygen atoms in total. The molecule has 1 saturated heterocycles. The van der Waals surface area contributed by atoms with E-state index in [1.807, 2.05) is 0 Å². The zero-order chi connectivity index (χ0) is 37.4. The van der Waals surface area contributed by atoms with Crippen molar-refractivity contribution in [3.8, 4) is 0 Å². The number of thiazole rings is 2. The van der Waals surface area contributed by atoms with Gasteiger partial charge in [-0.25, -0.2) is 19.6 Å². The third kappa shape index (κ3) is 6.67. The molecule has 4 aliphatic rings. The number of nitrogen functional groups attached to an aromatic ring is 1. The molecule has 2 aromatic heterocycles. The zero-order valence-corrected chi connectivity index (χ0v) is 29.7. The van der Waals surface area contributed by atoms with Gasteiger partial charge >= 0.3 is 11.9 Å². The molecular weight excluding hydrogens is 765 g/mol. The van der Waals surface area contributed by atoms with Crippen LogP contribution in [0.1, 0.15) is 18.3 Å². The summed E-state index contributed by atoms with van der Waals surface area (Å²) in [6.45, 7) is 5.28. The van der Waals surface area contributed by atoms with E-state index >= 15 is 0 Å². The number of rotatable bonds is 11. The van der Waals surface area contributed by atoms with E-state index in [-0.39, 0.29) is 44.6 Å². The summed E-state index contributed by atoms with van der Waals surface area (Å²) in [5.74, 6) is -5.00. The van der Waals surface area contributed by atoms with Crippen LogP contribution in [-0.2, 0) is 33.5 Å². The van der Waals surface area contributed by atoms with E-state index in [1.54, 1.807) is 6.92 Å². The predicted octanol–water partition coefficient (Wildman–Crippen LogP) is -0.552. The van der Waals surface area contributed by atoms with Gasteiger partial charge in [0.2, 0.25) is 0 Å². The summed E-state index contributed by atoms with van der Waals surface area (Å²) < 4.78 is 5.26. The van der Waals surface area contributed by atoms with Crippen LogP contribution in [0.3, 0.4) is 0 Å². The Labute approximate surface area is 308 Å². The average molecular weight is 791 g/mol. The van der Waals surface area contributed by atoms with E-state index in [2.05, 4.69) is 48.1 Å². The summed E-state index contributed by atoms with van der Waals surface area (Å²) in [5.41, 5.74) is 5.19. The SMILES string of the molecule is C=CC1=C(C(=O)O)N2C(=O)[C@@H](NC(=O)/C(=N\O)c3csc(NC(=O)[C@@H](NC(=O)/C(=N\O)c4csc(N)n4)C4NC5=C(CS4)C(C)OC5=O)n3)[C@H]2SC1. The summed E-state index contributed by atoms with van der Waals surface area (Å²) in [5, 5.41) is 46.4. The third-order valence-electron chi connectivity index (χ3n) is 7.98. The van der Waals surface area contributed by atoms with Crippen LogP contribution in [0, 0.1) is 0 Å². The number of aliphatic carboxylic acids is 1. The summed E-state index contributed by atoms with van der Waals surface area (Å²) in [7, 11) is 0. The van der Waals surface area contributed by atoms with E-state index in [9.17, 15) is 44.3 Å². The molecule has 24 heteroatoms. The van der Waals surface area contributed by atoms with Gasteiger partial charge in [0, 0.05) is 27.8 Å². The first-order valence-electron chi connectivity index (χ1n) is 14.8. The zero-order valence-electron chi connectivity index (χ0n) is 26.4. The molecule has 0 radical (unpaired) electrons. The monoisotopic (exact) mass is 790 g/mol. The average Bonchev–Trinajstić information content (AvgIpc) is 3.84. The number of oxime groups is 2. The molecule has 2 aromatic rings. The molecule has 0 aromatic carbocycles. The summed E-state index contributed by atoms with van der Waals surface area (Å²) in [6.07, 6.45) is 0.856. The van der Waals surface area contributed by atoms with Crippen LogP contribution in [0.2, 0.25) is 0 Å². The van der Waals surface area contributed by atoms with Crippen LogP contribution >= 0.6 is 46.2 Å². The van der Waals surface area contributed by atoms with Crippen molar-refractivity contribution in [3.05, 3.63) is 57.3 Å². The number of carbonyl (C=O) groups is 6. The molecule has 4 amide bonds. The van der Waals surface area contributed by atoms with Crippen LogP contribution in [0.5, 0.6) is 0 Å². The first-order chi connectivity index (χ1) is 24.9. The third-order valence-corrected chi connectivity index (χ3v) is 11.9. The van der Waals surface area contributed by atoms with Crippen molar-refractivity contribution in [2.24, 2.45) is 10.3 Å². The lowest BCUT2D eigenvalue weighted by atomic mass is 10.0. The second kappa shape index (κ2) is 14.6. The number of carboxylic acid groups (broad SMARTS) is 1. The highest BCUT2D eigenvalue weighted by molar-refractivity contribution is 8.00. The van der Waals surface area contributed by atoms with E-state index < -0.39 is 75.9 Å². The van der Waals surface area contributed by atoms with E-state index in [4.69, 9.17) is 10.5 Å². The first-order valence-corrected chi connectivity index (χ1v) is 18.6. The summed E-state index contributed by atoms with van der Waals surface area (Å²) >= 11 is 4.21. The number of thioether (sulfide) groups is 2. The molecule has 0 bridgehead atoms. The molecule has 5 atom stereocenters. The quantitative estimate of drug-likeness (QED) is 0.0466. The van der Waals surface area contributed by atoms with Crippen LogP contribution in [0.15, 0.2) is 56.3 Å². The number of ether oxygens (including phenoxy) is 1. The molecule has 0 spiro atoms. The molecule has 52 heavy (non-hydrogen) atoms. The first kappa shape index (κ1) is 36.3. The Balaban J connectivity index is 1.17. The van der Waals surface area contributed by atoms with Gasteiger partial charge in [-0.15, -0.1) is 46.2 Å². The Morgan fingerprint density at radius 3 is 2.44 bits per heavy atom. The molecule has 6 heterocycles. The standard InChI is InChI=1S/C28H26N10O10S4/c1-3-9-4-50-24-17(23(42)38(24)18(9)25(43)44)33-20(40)15(37-47)12-7-52-28(31-12)35-21(41)16(22-34-13-10(5-49-22)8(2)48-26(13)45)32-19(39)14(36-46)11-6-51-27(29)30-11/h3,6-8,16-17,22,24,34,46-47H,1,4-5H2,2H3,(H2,29,30)(H,32,39)(H,33,40)(H,43,44)(H,31,35,41)/b36-14-,37-15-/t8?,16-,17-,22?,24-/m1/s1. The number of amides is 4. The van der Waals surface area contributed by atoms with Gasteiger partial charge in [0.1, 0.15) is 51.7 Å². The number of hydrogen-bond donors (Lipinski definition) is 8. The topological polar surface area (TPSA) is 300 Å². The van der Waals surface area contributed by atoms with Gasteiger partial charge in [-0.05, 0) is 12.5 Å². The van der Waals surface area contributed by atoms with Gasteiger partial charge in [0.15, 0.2) is 21.7 Å². The highest BCUT2D eigenvalue weighted by atomic mass is 32.2. The normalized spacial score (nSPS) is 23.4.